The zero-order valence-corrected chi connectivity index (χ0v) is 17.9. The molecule has 158 valence electrons. The van der Waals surface area contributed by atoms with Gasteiger partial charge in [-0.2, -0.15) is 8.97 Å². The van der Waals surface area contributed by atoms with E-state index >= 15 is 0 Å². The molecule has 31 heavy (non-hydrogen) atoms. The lowest BCUT2D eigenvalue weighted by atomic mass is 9.97. The summed E-state index contributed by atoms with van der Waals surface area (Å²) in [4.78, 5) is 17.5. The van der Waals surface area contributed by atoms with Crippen molar-refractivity contribution in [2.45, 2.75) is 26.3 Å². The Hall–Kier alpha value is -3.25. The van der Waals surface area contributed by atoms with E-state index in [1.54, 1.807) is 35.2 Å². The molecule has 0 saturated carbocycles. The Bertz CT molecular complexity index is 1290. The molecule has 0 saturated heterocycles. The highest BCUT2D eigenvalue weighted by Gasteiger charge is 2.31. The van der Waals surface area contributed by atoms with Crippen molar-refractivity contribution in [2.24, 2.45) is 5.92 Å². The van der Waals surface area contributed by atoms with Gasteiger partial charge in [-0.15, -0.1) is 0 Å². The molecule has 4 aromatic rings. The van der Waals surface area contributed by atoms with Gasteiger partial charge in [0.25, 0.3) is 11.5 Å². The van der Waals surface area contributed by atoms with Crippen molar-refractivity contribution >= 4 is 17.2 Å². The first-order valence-corrected chi connectivity index (χ1v) is 10.4. The summed E-state index contributed by atoms with van der Waals surface area (Å²) < 4.78 is 16.7. The fraction of sp³-hybridized carbons (Fsp3) is 0.208. The van der Waals surface area contributed by atoms with Crippen LogP contribution in [0.1, 0.15) is 31.9 Å². The number of hydrogen-bond donors (Lipinski definition) is 1. The first-order chi connectivity index (χ1) is 14.9. The number of nitrogens with zero attached hydrogens (tertiary/aromatic N) is 3. The lowest BCUT2D eigenvalue weighted by molar-refractivity contribution is -0.698. The van der Waals surface area contributed by atoms with Crippen molar-refractivity contribution in [1.82, 2.24) is 9.38 Å². The molecule has 1 aromatic carbocycles. The highest BCUT2D eigenvalue weighted by Crippen LogP contribution is 2.29. The Balaban J connectivity index is 2.06. The smallest absolute Gasteiger partial charge is 0.354 e. The van der Waals surface area contributed by atoms with E-state index in [2.05, 4.69) is 18.8 Å². The van der Waals surface area contributed by atoms with Gasteiger partial charge in [-0.25, -0.2) is 14.2 Å². The maximum absolute atomic E-state index is 13.5. The Morgan fingerprint density at radius 1 is 1.13 bits per heavy atom. The molecule has 5 nitrogen and oxygen atoms in total. The third-order valence-electron chi connectivity index (χ3n) is 5.24. The van der Waals surface area contributed by atoms with Gasteiger partial charge in [-0.1, -0.05) is 49.7 Å². The van der Waals surface area contributed by atoms with Crippen LogP contribution in [0.4, 0.5) is 4.39 Å². The maximum atomic E-state index is 13.5. The molecule has 0 aliphatic rings. The van der Waals surface area contributed by atoms with Crippen LogP contribution in [0.5, 0.6) is 5.88 Å². The molecule has 0 aliphatic carbocycles. The van der Waals surface area contributed by atoms with Crippen molar-refractivity contribution in [2.75, 3.05) is 0 Å². The van der Waals surface area contributed by atoms with Crippen LogP contribution in [0.3, 0.4) is 0 Å². The number of rotatable bonds is 5. The van der Waals surface area contributed by atoms with Crippen molar-refractivity contribution in [3.63, 3.8) is 0 Å². The zero-order chi connectivity index (χ0) is 22.1. The Morgan fingerprint density at radius 2 is 1.87 bits per heavy atom. The summed E-state index contributed by atoms with van der Waals surface area (Å²) in [6, 6.07) is 14.2. The molecule has 1 unspecified atom stereocenters. The second kappa shape index (κ2) is 8.47. The fourth-order valence-corrected chi connectivity index (χ4v) is 3.96. The summed E-state index contributed by atoms with van der Waals surface area (Å²) in [5.41, 5.74) is 1.56. The second-order valence-corrected chi connectivity index (χ2v) is 8.26. The van der Waals surface area contributed by atoms with E-state index in [-0.39, 0.29) is 29.0 Å². The van der Waals surface area contributed by atoms with Gasteiger partial charge >= 0.3 is 5.56 Å². The molecule has 0 bridgehead atoms. The minimum atomic E-state index is -0.415. The van der Waals surface area contributed by atoms with E-state index < -0.39 is 5.82 Å². The first-order valence-electron chi connectivity index (χ1n) is 10.0. The summed E-state index contributed by atoms with van der Waals surface area (Å²) >= 11 is 5.99. The van der Waals surface area contributed by atoms with E-state index in [4.69, 9.17) is 11.6 Å². The Kier molecular flexibility index (Phi) is 5.74. The van der Waals surface area contributed by atoms with Crippen LogP contribution in [0.15, 0.2) is 71.8 Å². The van der Waals surface area contributed by atoms with Gasteiger partial charge in [0.15, 0.2) is 5.56 Å². The molecule has 7 heteroatoms. The summed E-state index contributed by atoms with van der Waals surface area (Å²) in [6.07, 6.45) is 4.03. The highest BCUT2D eigenvalue weighted by molar-refractivity contribution is 6.29. The first kappa shape index (κ1) is 21.0. The normalized spacial score (nSPS) is 12.4. The van der Waals surface area contributed by atoms with E-state index in [1.807, 2.05) is 12.1 Å². The summed E-state index contributed by atoms with van der Waals surface area (Å²) in [5, 5.41) is 11.8. The van der Waals surface area contributed by atoms with Crippen LogP contribution < -0.4 is 10.1 Å². The van der Waals surface area contributed by atoms with Crippen LogP contribution in [-0.4, -0.2) is 14.5 Å². The number of benzene rings is 1. The largest absolute Gasteiger partial charge is 0.477 e. The van der Waals surface area contributed by atoms with Gasteiger partial charge in [0, 0.05) is 17.8 Å². The Labute approximate surface area is 184 Å². The predicted octanol–water partition coefficient (Wildman–Crippen LogP) is 4.78. The van der Waals surface area contributed by atoms with E-state index in [9.17, 15) is 14.3 Å². The quantitative estimate of drug-likeness (QED) is 0.360. The molecule has 0 fully saturated rings. The molecule has 3 aromatic heterocycles. The molecule has 0 amide bonds. The molecular formula is C24H22ClFN3O2+. The van der Waals surface area contributed by atoms with Gasteiger partial charge < -0.3 is 5.11 Å². The van der Waals surface area contributed by atoms with Gasteiger partial charge in [-0.05, 0) is 42.2 Å². The molecule has 1 atom stereocenters. The second-order valence-electron chi connectivity index (χ2n) is 7.87. The number of aromatic nitrogens is 3. The number of halogens is 2. The number of hydrogen-bond acceptors (Lipinski definition) is 3. The predicted molar refractivity (Wildman–Crippen MR) is 118 cm³/mol. The molecule has 1 N–H and O–H groups in total. The van der Waals surface area contributed by atoms with Crippen molar-refractivity contribution < 1.29 is 14.1 Å². The minimum absolute atomic E-state index is 0.111. The van der Waals surface area contributed by atoms with Gasteiger partial charge in [0.05, 0.1) is 6.20 Å². The van der Waals surface area contributed by atoms with Crippen LogP contribution >= 0.6 is 11.6 Å². The molecule has 0 radical (unpaired) electrons. The number of fused-ring (bicyclic) bond motifs is 1. The standard InChI is InChI=1S/C24H21ClFN3O2/c1-15(2)13-19(17-8-11-20(25)27-14-17)29-21-5-3-4-12-28(21)23(30)22(24(29)31)16-6-9-18(26)10-7-16/h3-12,14-15,19H,13H2,1-2H3/p+1. The monoisotopic (exact) mass is 438 g/mol. The maximum Gasteiger partial charge on any atom is 0.354 e. The van der Waals surface area contributed by atoms with Crippen molar-refractivity contribution in [3.05, 3.63) is 93.9 Å². The summed E-state index contributed by atoms with van der Waals surface area (Å²) in [6.45, 7) is 4.18. The lowest BCUT2D eigenvalue weighted by Gasteiger charge is -2.21. The minimum Gasteiger partial charge on any atom is -0.477 e. The number of aromatic hydroxyl groups is 1. The third kappa shape index (κ3) is 4.03. The van der Waals surface area contributed by atoms with Crippen LogP contribution in [0.2, 0.25) is 5.15 Å². The summed E-state index contributed by atoms with van der Waals surface area (Å²) in [5.74, 6) is -0.303. The van der Waals surface area contributed by atoms with E-state index in [0.29, 0.717) is 22.8 Å². The van der Waals surface area contributed by atoms with E-state index in [1.165, 1.54) is 28.7 Å². The zero-order valence-electron chi connectivity index (χ0n) is 17.2. The Morgan fingerprint density at radius 3 is 2.52 bits per heavy atom. The SMILES string of the molecule is CC(C)CC(c1ccc(Cl)nc1)[n+]1c(O)c(-c2ccc(F)cc2)c(=O)n2ccccc21. The molecule has 4 rings (SSSR count). The number of pyridine rings is 2. The van der Waals surface area contributed by atoms with Crippen molar-refractivity contribution in [3.8, 4) is 17.0 Å². The van der Waals surface area contributed by atoms with Crippen molar-refractivity contribution in [1.29, 1.82) is 0 Å². The van der Waals surface area contributed by atoms with E-state index in [0.717, 1.165) is 5.56 Å². The molecule has 0 aliphatic heterocycles. The van der Waals surface area contributed by atoms with Crippen LogP contribution in [0.25, 0.3) is 16.8 Å². The topological polar surface area (TPSA) is 58.5 Å². The average Bonchev–Trinajstić information content (AvgIpc) is 2.75. The lowest BCUT2D eigenvalue weighted by Crippen LogP contribution is -2.46. The van der Waals surface area contributed by atoms with Gasteiger partial charge in [-0.3, -0.25) is 0 Å². The average molecular weight is 439 g/mol. The highest BCUT2D eigenvalue weighted by atomic mass is 35.5. The molecular weight excluding hydrogens is 417 g/mol. The molecule has 0 spiro atoms. The van der Waals surface area contributed by atoms with Crippen LogP contribution in [-0.2, 0) is 0 Å². The molecule has 3 heterocycles. The van der Waals surface area contributed by atoms with Gasteiger partial charge in [0.2, 0.25) is 0 Å². The third-order valence-corrected chi connectivity index (χ3v) is 5.47. The fourth-order valence-electron chi connectivity index (χ4n) is 3.85. The summed E-state index contributed by atoms with van der Waals surface area (Å²) in [7, 11) is 0. The van der Waals surface area contributed by atoms with Gasteiger partial charge in [0.1, 0.15) is 17.0 Å². The van der Waals surface area contributed by atoms with Crippen LogP contribution in [0, 0.1) is 11.7 Å².